The number of aryl methyl sites for hydroxylation is 1. The molecule has 0 aliphatic rings. The van der Waals surface area contributed by atoms with Crippen molar-refractivity contribution in [2.45, 2.75) is 33.4 Å². The van der Waals surface area contributed by atoms with Crippen LogP contribution in [-0.2, 0) is 6.54 Å². The number of nitrogens with zero attached hydrogens (tertiary/aromatic N) is 2. The third-order valence-corrected chi connectivity index (χ3v) is 4.60. The quantitative estimate of drug-likeness (QED) is 0.667. The van der Waals surface area contributed by atoms with E-state index in [4.69, 9.17) is 0 Å². The molecule has 0 aliphatic carbocycles. The highest BCUT2D eigenvalue weighted by Gasteiger charge is 2.21. The van der Waals surface area contributed by atoms with Crippen LogP contribution in [0.3, 0.4) is 0 Å². The van der Waals surface area contributed by atoms with Crippen LogP contribution in [0.5, 0.6) is 0 Å². The van der Waals surface area contributed by atoms with Gasteiger partial charge in [-0.25, -0.2) is 0 Å². The molecule has 2 aromatic carbocycles. The van der Waals surface area contributed by atoms with E-state index in [0.29, 0.717) is 17.8 Å². The summed E-state index contributed by atoms with van der Waals surface area (Å²) in [4.78, 5) is 31.7. The lowest BCUT2D eigenvalue weighted by Crippen LogP contribution is -2.37. The standard InChI is InChI=1S/C24H25N3O2/c1-17(2)27(16-19-9-5-4-6-10-19)24(29)22-15-20(12-13-25-22)23(28)26-21-11-7-8-18(3)14-21/h4-15,17H,16H2,1-3H3,(H,26,28). The second-order valence-electron chi connectivity index (χ2n) is 7.27. The van der Waals surface area contributed by atoms with Crippen molar-refractivity contribution >= 4 is 17.5 Å². The van der Waals surface area contributed by atoms with Crippen LogP contribution in [0.2, 0.25) is 0 Å². The molecular weight excluding hydrogens is 362 g/mol. The molecule has 1 N–H and O–H groups in total. The molecule has 0 unspecified atom stereocenters. The molecule has 5 heteroatoms. The molecule has 148 valence electrons. The lowest BCUT2D eigenvalue weighted by molar-refractivity contribution is 0.0684. The molecule has 0 atom stereocenters. The van der Waals surface area contributed by atoms with E-state index in [2.05, 4.69) is 10.3 Å². The molecule has 0 saturated carbocycles. The summed E-state index contributed by atoms with van der Waals surface area (Å²) < 4.78 is 0. The van der Waals surface area contributed by atoms with E-state index >= 15 is 0 Å². The van der Waals surface area contributed by atoms with Crippen LogP contribution in [0.4, 0.5) is 5.69 Å². The average Bonchev–Trinajstić information content (AvgIpc) is 2.72. The van der Waals surface area contributed by atoms with Crippen LogP contribution >= 0.6 is 0 Å². The molecule has 1 heterocycles. The molecule has 0 fully saturated rings. The predicted molar refractivity (Wildman–Crippen MR) is 115 cm³/mol. The molecule has 0 radical (unpaired) electrons. The second-order valence-corrected chi connectivity index (χ2v) is 7.27. The highest BCUT2D eigenvalue weighted by atomic mass is 16.2. The predicted octanol–water partition coefficient (Wildman–Crippen LogP) is 4.69. The fourth-order valence-corrected chi connectivity index (χ4v) is 3.03. The van der Waals surface area contributed by atoms with Crippen LogP contribution in [-0.4, -0.2) is 27.7 Å². The van der Waals surface area contributed by atoms with Gasteiger partial charge in [-0.3, -0.25) is 14.6 Å². The molecule has 29 heavy (non-hydrogen) atoms. The van der Waals surface area contributed by atoms with Crippen molar-refractivity contribution in [2.75, 3.05) is 5.32 Å². The van der Waals surface area contributed by atoms with E-state index in [1.807, 2.05) is 75.4 Å². The minimum absolute atomic E-state index is 0.00529. The van der Waals surface area contributed by atoms with E-state index in [1.54, 1.807) is 17.0 Å². The first kappa shape index (κ1) is 20.3. The van der Waals surface area contributed by atoms with Gasteiger partial charge in [0.2, 0.25) is 0 Å². The van der Waals surface area contributed by atoms with Crippen LogP contribution in [0.1, 0.15) is 45.8 Å². The Kier molecular flexibility index (Phi) is 6.39. The van der Waals surface area contributed by atoms with Crippen molar-refractivity contribution in [1.82, 2.24) is 9.88 Å². The van der Waals surface area contributed by atoms with Gasteiger partial charge >= 0.3 is 0 Å². The zero-order chi connectivity index (χ0) is 20.8. The number of pyridine rings is 1. The number of amides is 2. The molecule has 3 aromatic rings. The maximum atomic E-state index is 13.1. The van der Waals surface area contributed by atoms with Gasteiger partial charge in [-0.05, 0) is 56.2 Å². The SMILES string of the molecule is Cc1cccc(NC(=O)c2ccnc(C(=O)N(Cc3ccccc3)C(C)C)c2)c1. The smallest absolute Gasteiger partial charge is 0.272 e. The Morgan fingerprint density at radius 3 is 2.45 bits per heavy atom. The highest BCUT2D eigenvalue weighted by molar-refractivity contribution is 6.05. The van der Waals surface area contributed by atoms with Crippen molar-refractivity contribution < 1.29 is 9.59 Å². The number of benzene rings is 2. The van der Waals surface area contributed by atoms with Crippen molar-refractivity contribution in [3.63, 3.8) is 0 Å². The maximum absolute atomic E-state index is 13.1. The van der Waals surface area contributed by atoms with Gasteiger partial charge in [0.25, 0.3) is 11.8 Å². The fraction of sp³-hybridized carbons (Fsp3) is 0.208. The first-order valence-corrected chi connectivity index (χ1v) is 9.63. The lowest BCUT2D eigenvalue weighted by atomic mass is 10.1. The van der Waals surface area contributed by atoms with Crippen LogP contribution in [0, 0.1) is 6.92 Å². The van der Waals surface area contributed by atoms with Crippen LogP contribution < -0.4 is 5.32 Å². The summed E-state index contributed by atoms with van der Waals surface area (Å²) in [5, 5.41) is 2.87. The van der Waals surface area contributed by atoms with Gasteiger partial charge in [0.15, 0.2) is 0 Å². The average molecular weight is 387 g/mol. The molecule has 0 aliphatic heterocycles. The molecule has 5 nitrogen and oxygen atoms in total. The summed E-state index contributed by atoms with van der Waals surface area (Å²) in [6, 6.07) is 20.6. The number of rotatable bonds is 6. The molecule has 1 aromatic heterocycles. The summed E-state index contributed by atoms with van der Waals surface area (Å²) in [5.74, 6) is -0.472. The summed E-state index contributed by atoms with van der Waals surface area (Å²) in [7, 11) is 0. The summed E-state index contributed by atoms with van der Waals surface area (Å²) in [6.45, 7) is 6.38. The number of hydrogen-bond donors (Lipinski definition) is 1. The van der Waals surface area contributed by atoms with Crippen molar-refractivity contribution in [3.8, 4) is 0 Å². The van der Waals surface area contributed by atoms with Gasteiger partial charge in [-0.2, -0.15) is 0 Å². The number of carbonyl (C=O) groups excluding carboxylic acids is 2. The monoisotopic (exact) mass is 387 g/mol. The summed E-state index contributed by atoms with van der Waals surface area (Å²) in [6.07, 6.45) is 1.50. The lowest BCUT2D eigenvalue weighted by Gasteiger charge is -2.26. The van der Waals surface area contributed by atoms with Gasteiger partial charge in [0.1, 0.15) is 5.69 Å². The summed E-state index contributed by atoms with van der Waals surface area (Å²) in [5.41, 5.74) is 3.47. The van der Waals surface area contributed by atoms with Crippen LogP contribution in [0.25, 0.3) is 0 Å². The van der Waals surface area contributed by atoms with Gasteiger partial charge in [-0.15, -0.1) is 0 Å². The van der Waals surface area contributed by atoms with E-state index in [1.165, 1.54) is 6.20 Å². The summed E-state index contributed by atoms with van der Waals surface area (Å²) >= 11 is 0. The normalized spacial score (nSPS) is 10.6. The Hall–Kier alpha value is -3.47. The second kappa shape index (κ2) is 9.15. The van der Waals surface area contributed by atoms with Crippen molar-refractivity contribution in [1.29, 1.82) is 0 Å². The van der Waals surface area contributed by atoms with Crippen molar-refractivity contribution in [2.24, 2.45) is 0 Å². The Morgan fingerprint density at radius 1 is 1.00 bits per heavy atom. The number of nitrogens with one attached hydrogen (secondary N) is 1. The first-order chi connectivity index (χ1) is 13.9. The van der Waals surface area contributed by atoms with Gasteiger partial charge in [0.05, 0.1) is 0 Å². The minimum Gasteiger partial charge on any atom is -0.331 e. The molecule has 0 spiro atoms. The van der Waals surface area contributed by atoms with E-state index < -0.39 is 0 Å². The molecule has 2 amide bonds. The Labute approximate surface area is 171 Å². The van der Waals surface area contributed by atoms with Crippen molar-refractivity contribution in [3.05, 3.63) is 95.3 Å². The minimum atomic E-state index is -0.272. The fourth-order valence-electron chi connectivity index (χ4n) is 3.03. The largest absolute Gasteiger partial charge is 0.331 e. The molecule has 0 saturated heterocycles. The number of anilines is 1. The van der Waals surface area contributed by atoms with Gasteiger partial charge in [-0.1, -0.05) is 42.5 Å². The van der Waals surface area contributed by atoms with Crippen LogP contribution in [0.15, 0.2) is 72.9 Å². The highest BCUT2D eigenvalue weighted by Crippen LogP contribution is 2.15. The Morgan fingerprint density at radius 2 is 1.76 bits per heavy atom. The molecule has 0 bridgehead atoms. The Bertz CT molecular complexity index is 1000. The third-order valence-electron chi connectivity index (χ3n) is 4.60. The molecule has 3 rings (SSSR count). The van der Waals surface area contributed by atoms with E-state index in [0.717, 1.165) is 11.1 Å². The third kappa shape index (κ3) is 5.29. The van der Waals surface area contributed by atoms with E-state index in [-0.39, 0.29) is 23.6 Å². The molecular formula is C24H25N3O2. The number of aromatic nitrogens is 1. The topological polar surface area (TPSA) is 62.3 Å². The first-order valence-electron chi connectivity index (χ1n) is 9.63. The van der Waals surface area contributed by atoms with Gasteiger partial charge < -0.3 is 10.2 Å². The zero-order valence-electron chi connectivity index (χ0n) is 16.9. The maximum Gasteiger partial charge on any atom is 0.272 e. The number of hydrogen-bond acceptors (Lipinski definition) is 3. The number of carbonyl (C=O) groups is 2. The van der Waals surface area contributed by atoms with Gasteiger partial charge in [0, 0.05) is 30.0 Å². The Balaban J connectivity index is 1.79. The zero-order valence-corrected chi connectivity index (χ0v) is 16.9. The van der Waals surface area contributed by atoms with E-state index in [9.17, 15) is 9.59 Å².